The molecule has 0 spiro atoms. The van der Waals surface area contributed by atoms with Crippen LogP contribution in [0, 0.1) is 6.92 Å². The van der Waals surface area contributed by atoms with Gasteiger partial charge in [0.2, 0.25) is 0 Å². The Morgan fingerprint density at radius 1 is 1.52 bits per heavy atom. The molecule has 1 aromatic carbocycles. The number of rotatable bonds is 3. The molecule has 2 aromatic rings. The molecule has 21 heavy (non-hydrogen) atoms. The van der Waals surface area contributed by atoms with Gasteiger partial charge in [0.05, 0.1) is 12.3 Å². The number of esters is 1. The van der Waals surface area contributed by atoms with Crippen molar-refractivity contribution in [2.75, 3.05) is 6.61 Å². The number of carbonyl (C=O) groups excluding carboxylic acids is 1. The molecular formula is C16H16ClNO2S. The molecule has 0 N–H and O–H groups in total. The van der Waals surface area contributed by atoms with Gasteiger partial charge < -0.3 is 4.74 Å². The third kappa shape index (κ3) is 2.70. The van der Waals surface area contributed by atoms with E-state index < -0.39 is 0 Å². The van der Waals surface area contributed by atoms with E-state index in [4.69, 9.17) is 21.3 Å². The molecule has 0 bridgehead atoms. The Bertz CT molecular complexity index is 696. The number of nitrogens with zero attached hydrogens (tertiary/aromatic N) is 1. The highest BCUT2D eigenvalue weighted by molar-refractivity contribution is 7.15. The van der Waals surface area contributed by atoms with Crippen molar-refractivity contribution in [2.45, 2.75) is 32.6 Å². The average Bonchev–Trinajstić information content (AvgIpc) is 2.98. The smallest absolute Gasteiger partial charge is 0.315 e. The quantitative estimate of drug-likeness (QED) is 0.788. The van der Waals surface area contributed by atoms with Crippen LogP contribution in [0.1, 0.15) is 35.4 Å². The number of hydrogen-bond acceptors (Lipinski definition) is 4. The van der Waals surface area contributed by atoms with E-state index in [0.717, 1.165) is 39.7 Å². The fourth-order valence-corrected chi connectivity index (χ4v) is 4.14. The second-order valence-electron chi connectivity index (χ2n) is 5.13. The van der Waals surface area contributed by atoms with Crippen molar-refractivity contribution in [3.05, 3.63) is 39.4 Å². The standard InChI is InChI=1S/C16H16ClNO2S/c1-3-20-16(19)12-6-7-13-14(12)18-15(21-13)11-5-4-10(17)8-9(11)2/h4-5,8,12H,3,6-7H2,1-2H3. The molecule has 1 unspecified atom stereocenters. The minimum absolute atomic E-state index is 0.152. The van der Waals surface area contributed by atoms with Gasteiger partial charge in [-0.15, -0.1) is 11.3 Å². The largest absolute Gasteiger partial charge is 0.465 e. The Morgan fingerprint density at radius 3 is 3.05 bits per heavy atom. The number of hydrogen-bond donors (Lipinski definition) is 0. The molecule has 0 saturated carbocycles. The monoisotopic (exact) mass is 321 g/mol. The third-order valence-corrected chi connectivity index (χ3v) is 5.11. The number of aromatic nitrogens is 1. The van der Waals surface area contributed by atoms with Crippen molar-refractivity contribution < 1.29 is 9.53 Å². The van der Waals surface area contributed by atoms with Gasteiger partial charge in [-0.3, -0.25) is 4.79 Å². The minimum Gasteiger partial charge on any atom is -0.465 e. The van der Waals surface area contributed by atoms with Crippen LogP contribution in [0.4, 0.5) is 0 Å². The van der Waals surface area contributed by atoms with E-state index in [9.17, 15) is 4.79 Å². The molecule has 1 aliphatic carbocycles. The molecule has 0 amide bonds. The van der Waals surface area contributed by atoms with Gasteiger partial charge in [-0.05, 0) is 44.4 Å². The third-order valence-electron chi connectivity index (χ3n) is 3.71. The van der Waals surface area contributed by atoms with E-state index in [2.05, 4.69) is 0 Å². The SMILES string of the molecule is CCOC(=O)C1CCc2sc(-c3ccc(Cl)cc3C)nc21. The van der Waals surface area contributed by atoms with Crippen molar-refractivity contribution in [1.29, 1.82) is 0 Å². The van der Waals surface area contributed by atoms with Gasteiger partial charge in [-0.25, -0.2) is 4.98 Å². The Hall–Kier alpha value is -1.39. The van der Waals surface area contributed by atoms with Crippen LogP contribution in [-0.4, -0.2) is 17.6 Å². The zero-order valence-corrected chi connectivity index (χ0v) is 13.6. The molecule has 3 nitrogen and oxygen atoms in total. The van der Waals surface area contributed by atoms with E-state index in [1.165, 1.54) is 4.88 Å². The number of carbonyl (C=O) groups is 1. The van der Waals surface area contributed by atoms with Gasteiger partial charge in [0.15, 0.2) is 0 Å². The number of ether oxygens (including phenoxy) is 1. The van der Waals surface area contributed by atoms with Crippen LogP contribution < -0.4 is 0 Å². The van der Waals surface area contributed by atoms with Gasteiger partial charge in [0.25, 0.3) is 0 Å². The lowest BCUT2D eigenvalue weighted by molar-refractivity contribution is -0.145. The molecule has 0 aliphatic heterocycles. The van der Waals surface area contributed by atoms with E-state index in [1.54, 1.807) is 11.3 Å². The summed E-state index contributed by atoms with van der Waals surface area (Å²) < 4.78 is 5.15. The topological polar surface area (TPSA) is 39.2 Å². The minimum atomic E-state index is -0.197. The van der Waals surface area contributed by atoms with Crippen molar-refractivity contribution in [3.8, 4) is 10.6 Å². The summed E-state index contributed by atoms with van der Waals surface area (Å²) in [4.78, 5) is 17.9. The Kier molecular flexibility index (Phi) is 4.00. The molecule has 5 heteroatoms. The van der Waals surface area contributed by atoms with Gasteiger partial charge in [-0.2, -0.15) is 0 Å². The maximum Gasteiger partial charge on any atom is 0.315 e. The fraction of sp³-hybridized carbons (Fsp3) is 0.375. The molecule has 0 saturated heterocycles. The maximum atomic E-state index is 12.0. The number of thiazole rings is 1. The van der Waals surface area contributed by atoms with E-state index in [0.29, 0.717) is 6.61 Å². The summed E-state index contributed by atoms with van der Waals surface area (Å²) in [5.74, 6) is -0.349. The molecular weight excluding hydrogens is 306 g/mol. The van der Waals surface area contributed by atoms with Crippen LogP contribution in [0.25, 0.3) is 10.6 Å². The first-order chi connectivity index (χ1) is 10.1. The van der Waals surface area contributed by atoms with Gasteiger partial charge in [0.1, 0.15) is 10.9 Å². The summed E-state index contributed by atoms with van der Waals surface area (Å²) >= 11 is 7.67. The highest BCUT2D eigenvalue weighted by Crippen LogP contribution is 2.41. The number of aryl methyl sites for hydroxylation is 2. The Balaban J connectivity index is 1.95. The first-order valence-electron chi connectivity index (χ1n) is 7.03. The average molecular weight is 322 g/mol. The predicted octanol–water partition coefficient (Wildman–Crippen LogP) is 4.36. The van der Waals surface area contributed by atoms with Crippen LogP contribution in [0.5, 0.6) is 0 Å². The summed E-state index contributed by atoms with van der Waals surface area (Å²) in [7, 11) is 0. The zero-order valence-electron chi connectivity index (χ0n) is 12.0. The molecule has 3 rings (SSSR count). The highest BCUT2D eigenvalue weighted by atomic mass is 35.5. The summed E-state index contributed by atoms with van der Waals surface area (Å²) in [6, 6.07) is 5.80. The van der Waals surface area contributed by atoms with Crippen LogP contribution in [0.15, 0.2) is 18.2 Å². The van der Waals surface area contributed by atoms with E-state index in [-0.39, 0.29) is 11.9 Å². The second kappa shape index (κ2) is 5.78. The first-order valence-corrected chi connectivity index (χ1v) is 8.22. The molecule has 0 fully saturated rings. The molecule has 1 aromatic heterocycles. The lowest BCUT2D eigenvalue weighted by Crippen LogP contribution is -2.14. The van der Waals surface area contributed by atoms with E-state index >= 15 is 0 Å². The maximum absolute atomic E-state index is 12.0. The fourth-order valence-electron chi connectivity index (χ4n) is 2.68. The number of halogens is 1. The van der Waals surface area contributed by atoms with Crippen molar-refractivity contribution in [2.24, 2.45) is 0 Å². The molecule has 1 heterocycles. The van der Waals surface area contributed by atoms with Gasteiger partial charge >= 0.3 is 5.97 Å². The van der Waals surface area contributed by atoms with Crippen LogP contribution in [0.3, 0.4) is 0 Å². The summed E-state index contributed by atoms with van der Waals surface area (Å²) in [6.45, 7) is 4.27. The van der Waals surface area contributed by atoms with Crippen LogP contribution in [-0.2, 0) is 16.0 Å². The van der Waals surface area contributed by atoms with E-state index in [1.807, 2.05) is 32.0 Å². The first kappa shape index (κ1) is 14.5. The van der Waals surface area contributed by atoms with Crippen LogP contribution >= 0.6 is 22.9 Å². The number of benzene rings is 1. The normalized spacial score (nSPS) is 16.8. The molecule has 1 aliphatic rings. The summed E-state index contributed by atoms with van der Waals surface area (Å²) in [5.41, 5.74) is 3.09. The van der Waals surface area contributed by atoms with Gasteiger partial charge in [0, 0.05) is 15.5 Å². The molecule has 0 radical (unpaired) electrons. The van der Waals surface area contributed by atoms with Crippen LogP contribution in [0.2, 0.25) is 5.02 Å². The highest BCUT2D eigenvalue weighted by Gasteiger charge is 2.33. The van der Waals surface area contributed by atoms with Crippen molar-refractivity contribution in [1.82, 2.24) is 4.98 Å². The summed E-state index contributed by atoms with van der Waals surface area (Å²) in [5, 5.41) is 1.69. The zero-order chi connectivity index (χ0) is 15.0. The lowest BCUT2D eigenvalue weighted by Gasteiger charge is -2.08. The molecule has 1 atom stereocenters. The predicted molar refractivity (Wildman–Crippen MR) is 85.0 cm³/mol. The van der Waals surface area contributed by atoms with Gasteiger partial charge in [-0.1, -0.05) is 17.7 Å². The second-order valence-corrected chi connectivity index (χ2v) is 6.65. The summed E-state index contributed by atoms with van der Waals surface area (Å²) in [6.07, 6.45) is 1.72. The Morgan fingerprint density at radius 2 is 2.33 bits per heavy atom. The van der Waals surface area contributed by atoms with Crippen molar-refractivity contribution >= 4 is 28.9 Å². The number of fused-ring (bicyclic) bond motifs is 1. The Labute approximate surface area is 132 Å². The lowest BCUT2D eigenvalue weighted by atomic mass is 10.1. The van der Waals surface area contributed by atoms with Crippen molar-refractivity contribution in [3.63, 3.8) is 0 Å². The molecule has 110 valence electrons.